The molecule has 210 valence electrons. The average Bonchev–Trinajstić information content (AvgIpc) is 3.50. The number of nitrogens with zero attached hydrogens (tertiary/aromatic N) is 2. The van der Waals surface area contributed by atoms with Crippen LogP contribution >= 0.6 is 23.2 Å². The van der Waals surface area contributed by atoms with Crippen molar-refractivity contribution in [3.8, 4) is 17.2 Å². The van der Waals surface area contributed by atoms with Gasteiger partial charge in [-0.05, 0) is 42.0 Å². The summed E-state index contributed by atoms with van der Waals surface area (Å²) in [5, 5.41) is 20.9. The summed E-state index contributed by atoms with van der Waals surface area (Å²) in [5.74, 6) is -3.21. The van der Waals surface area contributed by atoms with Crippen molar-refractivity contribution in [3.05, 3.63) is 80.8 Å². The van der Waals surface area contributed by atoms with Gasteiger partial charge in [-0.1, -0.05) is 35.3 Å². The molecule has 0 aliphatic carbocycles. The molecule has 1 saturated heterocycles. The summed E-state index contributed by atoms with van der Waals surface area (Å²) in [7, 11) is 4.16. The van der Waals surface area contributed by atoms with Crippen molar-refractivity contribution < 1.29 is 38.8 Å². The van der Waals surface area contributed by atoms with Crippen LogP contribution in [0.3, 0.4) is 0 Å². The van der Waals surface area contributed by atoms with Gasteiger partial charge in [0.1, 0.15) is 16.5 Å². The SMILES string of the molecule is COc1ccc(C2/C(=C(\O)c3cc(Cl)c(OC)c(Cl)c3OC)C(=O)C(=O)N2c2nc3ccc(C(=O)O)cc3[nH]2)cc1. The highest BCUT2D eigenvalue weighted by atomic mass is 35.5. The van der Waals surface area contributed by atoms with Crippen molar-refractivity contribution in [2.24, 2.45) is 0 Å². The summed E-state index contributed by atoms with van der Waals surface area (Å²) in [6.07, 6.45) is 0. The van der Waals surface area contributed by atoms with Gasteiger partial charge in [-0.15, -0.1) is 0 Å². The van der Waals surface area contributed by atoms with Crippen molar-refractivity contribution in [1.29, 1.82) is 0 Å². The van der Waals surface area contributed by atoms with Gasteiger partial charge < -0.3 is 29.4 Å². The van der Waals surface area contributed by atoms with E-state index in [-0.39, 0.29) is 44.2 Å². The molecule has 5 rings (SSSR count). The third kappa shape index (κ3) is 4.58. The number of halogens is 2. The number of carboxylic acids is 1. The highest BCUT2D eigenvalue weighted by Crippen LogP contribution is 2.48. The Labute approximate surface area is 242 Å². The number of fused-ring (bicyclic) bond motifs is 1. The molecule has 2 heterocycles. The lowest BCUT2D eigenvalue weighted by Gasteiger charge is -2.23. The first-order valence-electron chi connectivity index (χ1n) is 11.9. The fourth-order valence-corrected chi connectivity index (χ4v) is 5.37. The number of hydrogen-bond donors (Lipinski definition) is 3. The lowest BCUT2D eigenvalue weighted by molar-refractivity contribution is -0.132. The van der Waals surface area contributed by atoms with Gasteiger partial charge in [0.2, 0.25) is 5.95 Å². The summed E-state index contributed by atoms with van der Waals surface area (Å²) in [4.78, 5) is 47.0. The van der Waals surface area contributed by atoms with E-state index in [0.717, 1.165) is 4.90 Å². The number of benzene rings is 3. The molecular weight excluding hydrogens is 577 g/mol. The maximum atomic E-state index is 13.6. The Balaban J connectivity index is 1.76. The van der Waals surface area contributed by atoms with Crippen LogP contribution in [0.1, 0.15) is 27.5 Å². The fourth-order valence-electron chi connectivity index (χ4n) is 4.69. The molecular formula is C28H21Cl2N3O8. The van der Waals surface area contributed by atoms with Gasteiger partial charge in [0, 0.05) is 0 Å². The number of ketones is 1. The third-order valence-electron chi connectivity index (χ3n) is 6.62. The predicted octanol–water partition coefficient (Wildman–Crippen LogP) is 5.22. The quantitative estimate of drug-likeness (QED) is 0.148. The van der Waals surface area contributed by atoms with Gasteiger partial charge >= 0.3 is 11.9 Å². The van der Waals surface area contributed by atoms with Crippen molar-refractivity contribution in [2.75, 3.05) is 26.2 Å². The van der Waals surface area contributed by atoms with Crippen molar-refractivity contribution in [3.63, 3.8) is 0 Å². The number of carbonyl (C=O) groups is 3. The van der Waals surface area contributed by atoms with Crippen LogP contribution < -0.4 is 19.1 Å². The smallest absolute Gasteiger partial charge is 0.335 e. The van der Waals surface area contributed by atoms with Crippen LogP contribution in [0.2, 0.25) is 10.0 Å². The zero-order chi connectivity index (χ0) is 29.6. The van der Waals surface area contributed by atoms with Gasteiger partial charge in [-0.3, -0.25) is 14.5 Å². The Hall–Kier alpha value is -4.74. The number of aliphatic hydroxyl groups is 1. The fraction of sp³-hybridized carbons (Fsp3) is 0.143. The third-order valence-corrected chi connectivity index (χ3v) is 7.24. The number of hydrogen-bond acceptors (Lipinski definition) is 8. The topological polar surface area (TPSA) is 151 Å². The zero-order valence-electron chi connectivity index (χ0n) is 21.7. The predicted molar refractivity (Wildman–Crippen MR) is 150 cm³/mol. The first-order chi connectivity index (χ1) is 19.6. The minimum Gasteiger partial charge on any atom is -0.507 e. The number of carbonyl (C=O) groups excluding carboxylic acids is 2. The van der Waals surface area contributed by atoms with E-state index in [0.29, 0.717) is 22.3 Å². The number of carboxylic acid groups (broad SMARTS) is 1. The number of anilines is 1. The van der Waals surface area contributed by atoms with Gasteiger partial charge in [0.15, 0.2) is 11.5 Å². The summed E-state index contributed by atoms with van der Waals surface area (Å²) in [6, 6.07) is 10.9. The molecule has 1 aliphatic heterocycles. The van der Waals surface area contributed by atoms with E-state index >= 15 is 0 Å². The number of H-pyrrole nitrogens is 1. The number of amides is 1. The minimum atomic E-state index is -1.18. The number of aliphatic hydroxyl groups excluding tert-OH is 1. The van der Waals surface area contributed by atoms with E-state index in [4.69, 9.17) is 37.4 Å². The summed E-state index contributed by atoms with van der Waals surface area (Å²) in [6.45, 7) is 0. The second kappa shape index (κ2) is 10.7. The molecule has 0 radical (unpaired) electrons. The van der Waals surface area contributed by atoms with Gasteiger partial charge in [0.25, 0.3) is 5.78 Å². The van der Waals surface area contributed by atoms with Crippen LogP contribution in [-0.4, -0.2) is 59.2 Å². The molecule has 3 N–H and O–H groups in total. The second-order valence-corrected chi connectivity index (χ2v) is 9.61. The molecule has 0 bridgehead atoms. The van der Waals surface area contributed by atoms with Crippen LogP contribution in [0.5, 0.6) is 17.2 Å². The average molecular weight is 598 g/mol. The van der Waals surface area contributed by atoms with E-state index in [1.54, 1.807) is 24.3 Å². The lowest BCUT2D eigenvalue weighted by atomic mass is 9.95. The first-order valence-corrected chi connectivity index (χ1v) is 12.6. The van der Waals surface area contributed by atoms with Gasteiger partial charge in [0.05, 0.1) is 60.1 Å². The van der Waals surface area contributed by atoms with E-state index in [2.05, 4.69) is 9.97 Å². The first kappa shape index (κ1) is 27.8. The molecule has 13 heteroatoms. The summed E-state index contributed by atoms with van der Waals surface area (Å²) < 4.78 is 15.9. The molecule has 1 unspecified atom stereocenters. The molecule has 3 aromatic carbocycles. The lowest BCUT2D eigenvalue weighted by Crippen LogP contribution is -2.30. The maximum Gasteiger partial charge on any atom is 0.335 e. The number of nitrogens with one attached hydrogen (secondary N) is 1. The van der Waals surface area contributed by atoms with Crippen molar-refractivity contribution >= 4 is 63.6 Å². The monoisotopic (exact) mass is 597 g/mol. The number of imidazole rings is 1. The van der Waals surface area contributed by atoms with Crippen molar-refractivity contribution in [1.82, 2.24) is 9.97 Å². The molecule has 0 spiro atoms. The molecule has 1 atom stereocenters. The number of Topliss-reactive ketones (excluding diaryl/α,β-unsaturated/α-hetero) is 1. The standard InChI is InChI=1S/C28H21Cl2N3O8/c1-39-14-7-4-12(5-8-14)21-19(22(34)15-11-16(29)25(41-3)20(30)24(15)40-2)23(35)26(36)33(21)28-31-17-9-6-13(27(37)38)10-18(17)32-28/h4-11,21,34H,1-3H3,(H,31,32)(H,37,38)/b22-19+. The number of ether oxygens (including phenoxy) is 3. The van der Waals surface area contributed by atoms with E-state index in [1.165, 1.54) is 45.6 Å². The Kier molecular flexibility index (Phi) is 7.24. The highest BCUT2D eigenvalue weighted by Gasteiger charge is 2.48. The van der Waals surface area contributed by atoms with E-state index in [9.17, 15) is 24.6 Å². The Bertz CT molecular complexity index is 1760. The van der Waals surface area contributed by atoms with E-state index < -0.39 is 29.5 Å². The summed E-state index contributed by atoms with van der Waals surface area (Å²) in [5.41, 5.74) is 0.782. The molecule has 41 heavy (non-hydrogen) atoms. The number of rotatable bonds is 7. The molecule has 11 nitrogen and oxygen atoms in total. The van der Waals surface area contributed by atoms with Crippen LogP contribution in [0.15, 0.2) is 54.1 Å². The highest BCUT2D eigenvalue weighted by molar-refractivity contribution is 6.51. The molecule has 1 fully saturated rings. The van der Waals surface area contributed by atoms with Crippen LogP contribution in [0, 0.1) is 0 Å². The summed E-state index contributed by atoms with van der Waals surface area (Å²) >= 11 is 12.8. The number of aromatic amines is 1. The Morgan fingerprint density at radius 2 is 1.63 bits per heavy atom. The van der Waals surface area contributed by atoms with E-state index in [1.807, 2.05) is 0 Å². The van der Waals surface area contributed by atoms with Crippen LogP contribution in [-0.2, 0) is 9.59 Å². The number of aromatic carboxylic acids is 1. The molecule has 1 amide bonds. The number of aromatic nitrogens is 2. The second-order valence-electron chi connectivity index (χ2n) is 8.83. The van der Waals surface area contributed by atoms with Crippen molar-refractivity contribution in [2.45, 2.75) is 6.04 Å². The van der Waals surface area contributed by atoms with Gasteiger partial charge in [-0.25, -0.2) is 9.78 Å². The molecule has 0 saturated carbocycles. The molecule has 1 aromatic heterocycles. The zero-order valence-corrected chi connectivity index (χ0v) is 23.2. The normalized spacial score (nSPS) is 16.3. The van der Waals surface area contributed by atoms with Gasteiger partial charge in [-0.2, -0.15) is 0 Å². The minimum absolute atomic E-state index is 0.00168. The molecule has 4 aromatic rings. The Morgan fingerprint density at radius 3 is 2.24 bits per heavy atom. The molecule has 1 aliphatic rings. The maximum absolute atomic E-state index is 13.6. The number of methoxy groups -OCH3 is 3. The van der Waals surface area contributed by atoms with Crippen LogP contribution in [0.25, 0.3) is 16.8 Å². The largest absolute Gasteiger partial charge is 0.507 e. The Morgan fingerprint density at radius 1 is 0.951 bits per heavy atom. The van der Waals surface area contributed by atoms with Crippen LogP contribution in [0.4, 0.5) is 5.95 Å².